The van der Waals surface area contributed by atoms with Crippen LogP contribution in [0.25, 0.3) is 21.5 Å². The van der Waals surface area contributed by atoms with Gasteiger partial charge in [0.15, 0.2) is 0 Å². The predicted octanol–water partition coefficient (Wildman–Crippen LogP) is 6.47. The van der Waals surface area contributed by atoms with E-state index in [1.165, 1.54) is 19.1 Å². The number of ether oxygens (including phenoxy) is 5. The summed E-state index contributed by atoms with van der Waals surface area (Å²) in [4.78, 5) is 133. The van der Waals surface area contributed by atoms with Gasteiger partial charge in [-0.05, 0) is 93.5 Å². The minimum atomic E-state index is -4.12. The standard InChI is InChI=1S/C37H50N4O11S3.C27H34N4O8S2/c1-22(42)23(19-29(43)51-36(2,3)4)20-53-30-31(54-21-26(34(46)50-10)39-35(47)52-37(5,6)7)33(45)41(32(30)44)18-17-38-55(48,49)28-16-12-13-24-25(28)14-11-15-27(24)40(8)9;1-27(2,3)39-26(35)29-19(25(34)38-6)16-40-21-15-23(32)31(24(21)33)14-13-28-41(36,37)22-12-8-9-17-18(22)10-7-11-20(17)30(4)5/h11-16,23,26,38H,17-21H2,1-10H3,(H,39,47);7-12,15,19,28H,13-14,16H2,1-6H3,(H,29,35)/t23-,26-;19-/m00/s1. The van der Waals surface area contributed by atoms with Crippen molar-refractivity contribution >= 4 is 148 Å². The summed E-state index contributed by atoms with van der Waals surface area (Å²) >= 11 is 2.57. The summed E-state index contributed by atoms with van der Waals surface area (Å²) < 4.78 is 83.8. The summed E-state index contributed by atoms with van der Waals surface area (Å²) in [6.45, 7) is 15.2. The highest BCUT2D eigenvalue weighted by Gasteiger charge is 2.41. The smallest absolute Gasteiger partial charge is 0.408 e. The number of hydrogen-bond acceptors (Lipinski definition) is 24. The number of nitrogens with one attached hydrogen (secondary N) is 4. The third-order valence-corrected chi connectivity index (χ3v) is 20.2. The highest BCUT2D eigenvalue weighted by atomic mass is 32.2. The van der Waals surface area contributed by atoms with E-state index in [0.717, 1.165) is 87.5 Å². The number of alkyl carbamates (subject to hydrolysis) is 2. The SMILES string of the molecule is COC(=O)[C@H](CSC1=C(SC[C@H](CC(=O)OC(C)(C)C)C(C)=O)C(=O)N(CCNS(=O)(=O)c2cccc3c(N(C)C)cccc23)C1=O)NC(=O)OC(C)(C)C.COC(=O)[C@H](CSC1=CC(=O)N(CCNS(=O)(=O)c2cccc3c(N(C)C)cccc23)C1=O)NC(=O)OC(C)(C)C. The maximum Gasteiger partial charge on any atom is 0.408 e. The number of rotatable bonds is 28. The Hall–Kier alpha value is -7.75. The molecule has 0 saturated carbocycles. The Labute approximate surface area is 572 Å². The fraction of sp³-hybridized carbons (Fsp3) is 0.469. The molecule has 6 amide bonds. The lowest BCUT2D eigenvalue weighted by Gasteiger charge is -2.22. The number of imide groups is 2. The van der Waals surface area contributed by atoms with Gasteiger partial charge in [-0.2, -0.15) is 0 Å². The summed E-state index contributed by atoms with van der Waals surface area (Å²) in [5.74, 6) is -6.62. The van der Waals surface area contributed by atoms with Crippen LogP contribution in [0.4, 0.5) is 21.0 Å². The van der Waals surface area contributed by atoms with Crippen LogP contribution >= 0.6 is 35.3 Å². The van der Waals surface area contributed by atoms with Gasteiger partial charge >= 0.3 is 30.1 Å². The molecule has 2 aliphatic heterocycles. The van der Waals surface area contributed by atoms with E-state index < -0.39 is 109 Å². The van der Waals surface area contributed by atoms with Crippen LogP contribution in [0.2, 0.25) is 0 Å². The van der Waals surface area contributed by atoms with Gasteiger partial charge in [-0.15, -0.1) is 35.3 Å². The first-order chi connectivity index (χ1) is 44.6. The van der Waals surface area contributed by atoms with Crippen LogP contribution in [0.1, 0.15) is 75.7 Å². The largest absolute Gasteiger partial charge is 0.467 e. The number of methoxy groups -OCH3 is 2. The molecule has 27 nitrogen and oxygen atoms in total. The van der Waals surface area contributed by atoms with Crippen molar-refractivity contribution in [1.82, 2.24) is 29.9 Å². The van der Waals surface area contributed by atoms with Crippen LogP contribution in [-0.4, -0.2) is 201 Å². The van der Waals surface area contributed by atoms with Crippen molar-refractivity contribution in [2.75, 3.05) is 95.6 Å². The molecule has 524 valence electrons. The monoisotopic (exact) mass is 1430 g/mol. The van der Waals surface area contributed by atoms with Crippen molar-refractivity contribution in [1.29, 1.82) is 0 Å². The number of amides is 6. The first-order valence-electron chi connectivity index (χ1n) is 29.9. The van der Waals surface area contributed by atoms with Gasteiger partial charge in [-0.1, -0.05) is 48.5 Å². The van der Waals surface area contributed by atoms with Gasteiger partial charge in [0.2, 0.25) is 20.0 Å². The molecule has 0 unspecified atom stereocenters. The van der Waals surface area contributed by atoms with E-state index in [1.807, 2.05) is 62.3 Å². The maximum atomic E-state index is 13.9. The summed E-state index contributed by atoms with van der Waals surface area (Å²) in [7, 11) is 1.61. The number of benzene rings is 4. The number of hydrogen-bond donors (Lipinski definition) is 4. The zero-order chi connectivity index (χ0) is 72.0. The summed E-state index contributed by atoms with van der Waals surface area (Å²) in [5.41, 5.74) is -0.786. The predicted molar refractivity (Wildman–Crippen MR) is 368 cm³/mol. The van der Waals surface area contributed by atoms with Crippen molar-refractivity contribution in [3.8, 4) is 0 Å². The van der Waals surface area contributed by atoms with Crippen molar-refractivity contribution in [3.05, 3.63) is 93.6 Å². The van der Waals surface area contributed by atoms with Gasteiger partial charge in [-0.3, -0.25) is 38.6 Å². The molecule has 0 aliphatic carbocycles. The lowest BCUT2D eigenvalue weighted by Crippen LogP contribution is -2.45. The minimum Gasteiger partial charge on any atom is -0.467 e. The van der Waals surface area contributed by atoms with Gasteiger partial charge in [0.25, 0.3) is 23.6 Å². The van der Waals surface area contributed by atoms with Crippen molar-refractivity contribution in [3.63, 3.8) is 0 Å². The summed E-state index contributed by atoms with van der Waals surface area (Å²) in [6.07, 6.45) is -0.909. The highest BCUT2D eigenvalue weighted by molar-refractivity contribution is 8.08. The number of fused-ring (bicyclic) bond motifs is 2. The molecule has 2 aliphatic rings. The van der Waals surface area contributed by atoms with Gasteiger partial charge in [0, 0.05) is 117 Å². The molecule has 0 radical (unpaired) electrons. The molecule has 3 atom stereocenters. The molecule has 96 heavy (non-hydrogen) atoms. The average Bonchev–Trinajstić information content (AvgIpc) is 0.933. The fourth-order valence-electron chi connectivity index (χ4n) is 9.26. The van der Waals surface area contributed by atoms with Gasteiger partial charge in [-0.25, -0.2) is 45.5 Å². The lowest BCUT2D eigenvalue weighted by atomic mass is 10.0. The maximum absolute atomic E-state index is 13.9. The number of thioether (sulfide) groups is 3. The number of sulfonamides is 2. The highest BCUT2D eigenvalue weighted by Crippen LogP contribution is 2.39. The number of nitrogens with zero attached hydrogens (tertiary/aromatic N) is 4. The molecule has 0 aromatic heterocycles. The van der Waals surface area contributed by atoms with E-state index in [2.05, 4.69) is 20.1 Å². The molecule has 0 bridgehead atoms. The zero-order valence-electron chi connectivity index (χ0n) is 56.5. The summed E-state index contributed by atoms with van der Waals surface area (Å²) in [6, 6.07) is 18.2. The summed E-state index contributed by atoms with van der Waals surface area (Å²) in [5, 5.41) is 7.34. The fourth-order valence-corrected chi connectivity index (χ4v) is 15.3. The first-order valence-corrected chi connectivity index (χ1v) is 35.8. The van der Waals surface area contributed by atoms with Crippen LogP contribution in [0.15, 0.2) is 103 Å². The topological polar surface area (TPSA) is 346 Å². The Bertz CT molecular complexity index is 3930. The van der Waals surface area contributed by atoms with E-state index in [9.17, 15) is 64.8 Å². The van der Waals surface area contributed by atoms with Crippen LogP contribution in [0.3, 0.4) is 0 Å². The third-order valence-electron chi connectivity index (χ3n) is 13.6. The van der Waals surface area contributed by atoms with Crippen molar-refractivity contribution in [2.45, 2.75) is 114 Å². The third kappa shape index (κ3) is 22.1. The van der Waals surface area contributed by atoms with Gasteiger partial charge in [0.1, 0.15) is 34.7 Å². The Balaban J connectivity index is 0.000000362. The van der Waals surface area contributed by atoms with Crippen molar-refractivity contribution in [2.24, 2.45) is 5.92 Å². The molecular formula is C64H84N8O19S5. The number of Topliss-reactive ketones (excluding diaryl/α,β-unsaturated/α-hetero) is 1. The normalized spacial score (nSPS) is 14.7. The average molecular weight is 1430 g/mol. The van der Waals surface area contributed by atoms with E-state index in [-0.39, 0.29) is 80.1 Å². The quantitative estimate of drug-likeness (QED) is 0.0269. The molecule has 2 heterocycles. The van der Waals surface area contributed by atoms with E-state index in [1.54, 1.807) is 98.7 Å². The number of carbonyl (C=O) groups is 10. The zero-order valence-corrected chi connectivity index (χ0v) is 60.6. The van der Waals surface area contributed by atoms with Crippen LogP contribution in [0, 0.1) is 5.92 Å². The minimum absolute atomic E-state index is 0.0185. The van der Waals surface area contributed by atoms with Crippen LogP contribution in [0.5, 0.6) is 0 Å². The Morgan fingerprint density at radius 3 is 1.30 bits per heavy atom. The van der Waals surface area contributed by atoms with E-state index in [4.69, 9.17) is 23.7 Å². The van der Waals surface area contributed by atoms with Gasteiger partial charge in [0.05, 0.1) is 45.1 Å². The van der Waals surface area contributed by atoms with Crippen LogP contribution in [-0.2, 0) is 82.1 Å². The number of ketones is 1. The molecular weight excluding hydrogens is 1350 g/mol. The Morgan fingerprint density at radius 1 is 0.521 bits per heavy atom. The number of esters is 3. The van der Waals surface area contributed by atoms with E-state index in [0.29, 0.717) is 10.8 Å². The Morgan fingerprint density at radius 2 is 0.906 bits per heavy atom. The lowest BCUT2D eigenvalue weighted by molar-refractivity contribution is -0.157. The Kier molecular flexibility index (Phi) is 27.5. The first kappa shape index (κ1) is 78.9. The second kappa shape index (κ2) is 33.5. The molecule has 0 spiro atoms. The molecule has 4 aromatic carbocycles. The molecule has 4 aromatic rings. The second-order valence-corrected chi connectivity index (χ2v) is 31.6. The molecule has 4 N–H and O–H groups in total. The number of carbonyl (C=O) groups excluding carboxylic acids is 10. The second-order valence-electron chi connectivity index (χ2n) is 25.0. The van der Waals surface area contributed by atoms with Crippen LogP contribution < -0.4 is 29.9 Å². The van der Waals surface area contributed by atoms with Gasteiger partial charge < -0.3 is 44.1 Å². The molecule has 0 fully saturated rings. The molecule has 0 saturated heterocycles. The molecule has 6 rings (SSSR count). The van der Waals surface area contributed by atoms with Crippen molar-refractivity contribution < 1.29 is 88.5 Å². The van der Waals surface area contributed by atoms with E-state index >= 15 is 0 Å². The number of anilines is 2. The molecule has 32 heteroatoms.